The molecule has 5 heteroatoms. The zero-order valence-electron chi connectivity index (χ0n) is 8.44. The van der Waals surface area contributed by atoms with Gasteiger partial charge in [-0.05, 0) is 12.5 Å². The van der Waals surface area contributed by atoms with Gasteiger partial charge in [0.1, 0.15) is 5.56 Å². The first kappa shape index (κ1) is 9.23. The van der Waals surface area contributed by atoms with E-state index in [0.29, 0.717) is 22.3 Å². The van der Waals surface area contributed by atoms with Gasteiger partial charge in [-0.15, -0.1) is 0 Å². The smallest absolute Gasteiger partial charge is 0.347 e. The van der Waals surface area contributed by atoms with E-state index in [4.69, 9.17) is 13.9 Å². The number of hydrogen-bond donors (Lipinski definition) is 1. The van der Waals surface area contributed by atoms with E-state index in [9.17, 15) is 9.90 Å². The molecule has 0 radical (unpaired) electrons. The molecule has 1 aliphatic heterocycles. The van der Waals surface area contributed by atoms with Crippen LogP contribution in [0.5, 0.6) is 11.5 Å². The van der Waals surface area contributed by atoms with Gasteiger partial charge in [0.15, 0.2) is 11.2 Å². The van der Waals surface area contributed by atoms with E-state index in [-0.39, 0.29) is 11.5 Å². The van der Waals surface area contributed by atoms with Crippen molar-refractivity contribution in [3.63, 3.8) is 0 Å². The van der Waals surface area contributed by atoms with Crippen LogP contribution in [0.1, 0.15) is 17.3 Å². The first-order valence-corrected chi connectivity index (χ1v) is 4.69. The Morgan fingerprint density at radius 2 is 2.38 bits per heavy atom. The third-order valence-corrected chi connectivity index (χ3v) is 2.43. The Balaban J connectivity index is 2.02. The van der Waals surface area contributed by atoms with Gasteiger partial charge in [0.05, 0.1) is 0 Å². The molecule has 0 spiro atoms. The molecule has 0 saturated carbocycles. The molecule has 0 fully saturated rings. The fraction of sp³-hybridized carbons (Fsp3) is 0.182. The molecule has 16 heavy (non-hydrogen) atoms. The zero-order valence-corrected chi connectivity index (χ0v) is 8.44. The minimum absolute atomic E-state index is 0.248. The van der Waals surface area contributed by atoms with Crippen LogP contribution in [0.15, 0.2) is 22.6 Å². The molecule has 0 aliphatic carbocycles. The molecule has 2 bridgehead atoms. The van der Waals surface area contributed by atoms with Crippen LogP contribution in [0, 0.1) is 0 Å². The van der Waals surface area contributed by atoms with Crippen LogP contribution in [0.2, 0.25) is 0 Å². The van der Waals surface area contributed by atoms with Crippen molar-refractivity contribution in [2.45, 2.75) is 13.2 Å². The highest BCUT2D eigenvalue weighted by Gasteiger charge is 2.36. The Bertz CT molecular complexity index is 594. The monoisotopic (exact) mass is 220 g/mol. The molecule has 1 atom stereocenters. The largest absolute Gasteiger partial charge is 0.453 e. The summed E-state index contributed by atoms with van der Waals surface area (Å²) < 4.78 is 15.5. The van der Waals surface area contributed by atoms with Gasteiger partial charge in [0.2, 0.25) is 17.8 Å². The number of esters is 1. The lowest BCUT2D eigenvalue weighted by molar-refractivity contribution is 0.0141. The molecule has 3 rings (SSSR count). The molecule has 1 aliphatic rings. The summed E-state index contributed by atoms with van der Waals surface area (Å²) in [5.74, 6) is 0.0429. The van der Waals surface area contributed by atoms with Crippen molar-refractivity contribution in [2.24, 2.45) is 0 Å². The lowest BCUT2D eigenvalue weighted by Gasteiger charge is -2.11. The molecule has 0 amide bonds. The van der Waals surface area contributed by atoms with Crippen molar-refractivity contribution >= 4 is 17.1 Å². The van der Waals surface area contributed by atoms with Crippen molar-refractivity contribution in [1.29, 1.82) is 0 Å². The third-order valence-electron chi connectivity index (χ3n) is 2.43. The molecule has 1 unspecified atom stereocenters. The summed E-state index contributed by atoms with van der Waals surface area (Å²) in [6.07, 6.45) is -1.14. The number of hydrogen-bond acceptors (Lipinski definition) is 5. The van der Waals surface area contributed by atoms with Crippen LogP contribution in [-0.2, 0) is 0 Å². The molecule has 3 heterocycles. The van der Waals surface area contributed by atoms with E-state index >= 15 is 0 Å². The molecular weight excluding hydrogens is 212 g/mol. The quantitative estimate of drug-likeness (QED) is 0.484. The van der Waals surface area contributed by atoms with E-state index < -0.39 is 12.3 Å². The van der Waals surface area contributed by atoms with Crippen LogP contribution >= 0.6 is 0 Å². The van der Waals surface area contributed by atoms with Crippen LogP contribution in [0.4, 0.5) is 0 Å². The predicted octanol–water partition coefficient (Wildman–Crippen LogP) is 1.68. The summed E-state index contributed by atoms with van der Waals surface area (Å²) in [7, 11) is 0. The number of aliphatic hydroxyl groups is 1. The second-order valence-corrected chi connectivity index (χ2v) is 3.72. The number of furan rings is 2. The lowest BCUT2D eigenvalue weighted by atomic mass is 10.2. The topological polar surface area (TPSA) is 68.9 Å². The number of ether oxygens (including phenoxy) is 2. The summed E-state index contributed by atoms with van der Waals surface area (Å²) >= 11 is 0. The Morgan fingerprint density at radius 3 is 3.06 bits per heavy atom. The molecular formula is C11H8O5. The van der Waals surface area contributed by atoms with Crippen LogP contribution in [-0.4, -0.2) is 17.4 Å². The number of rotatable bonds is 3. The van der Waals surface area contributed by atoms with Gasteiger partial charge in [-0.3, -0.25) is 0 Å². The molecule has 82 valence electrons. The minimum atomic E-state index is -1.14. The van der Waals surface area contributed by atoms with E-state index in [0.717, 1.165) is 0 Å². The van der Waals surface area contributed by atoms with E-state index in [2.05, 4.69) is 6.58 Å². The number of aliphatic hydroxyl groups excluding tert-OH is 1. The fourth-order valence-corrected chi connectivity index (χ4v) is 1.60. The van der Waals surface area contributed by atoms with Crippen LogP contribution < -0.4 is 9.47 Å². The van der Waals surface area contributed by atoms with E-state index in [1.54, 1.807) is 6.92 Å². The molecule has 2 aromatic rings. The second kappa shape index (κ2) is 2.76. The third kappa shape index (κ3) is 1.00. The highest BCUT2D eigenvalue weighted by atomic mass is 16.6. The van der Waals surface area contributed by atoms with Crippen LogP contribution in [0.3, 0.4) is 0 Å². The first-order valence-electron chi connectivity index (χ1n) is 4.69. The van der Waals surface area contributed by atoms with Crippen molar-refractivity contribution in [1.82, 2.24) is 0 Å². The number of carbonyl (C=O) groups excluding carboxylic acids is 1. The van der Waals surface area contributed by atoms with Gasteiger partial charge in [-0.1, -0.05) is 6.58 Å². The standard InChI is InChI=1S/C11H8O5/c1-4(2)10(12)15-8-6-3-5-7(14-6)9(8)16-11(5)13/h3,10,12H,1H2,2H3. The summed E-state index contributed by atoms with van der Waals surface area (Å²) in [4.78, 5) is 11.3. The maximum Gasteiger partial charge on any atom is 0.347 e. The van der Waals surface area contributed by atoms with Crippen molar-refractivity contribution in [3.05, 3.63) is 23.8 Å². The molecule has 0 aromatic carbocycles. The zero-order chi connectivity index (χ0) is 11.4. The van der Waals surface area contributed by atoms with Gasteiger partial charge in [0.25, 0.3) is 0 Å². The minimum Gasteiger partial charge on any atom is -0.453 e. The molecule has 5 nitrogen and oxygen atoms in total. The Labute approximate surface area is 90.2 Å². The Morgan fingerprint density at radius 1 is 1.62 bits per heavy atom. The maximum absolute atomic E-state index is 11.3. The maximum atomic E-state index is 11.3. The van der Waals surface area contributed by atoms with Gasteiger partial charge in [-0.2, -0.15) is 0 Å². The predicted molar refractivity (Wildman–Crippen MR) is 53.8 cm³/mol. The number of carbonyl (C=O) groups is 1. The van der Waals surface area contributed by atoms with Gasteiger partial charge in [-0.25, -0.2) is 4.79 Å². The van der Waals surface area contributed by atoms with Crippen molar-refractivity contribution < 1.29 is 23.8 Å². The Hall–Kier alpha value is -2.01. The van der Waals surface area contributed by atoms with Crippen molar-refractivity contribution in [2.75, 3.05) is 0 Å². The SMILES string of the molecule is C=C(C)C(O)Oc1c2c3oc1cc3C(=O)O2. The molecule has 2 aromatic heterocycles. The van der Waals surface area contributed by atoms with E-state index in [1.807, 2.05) is 0 Å². The first-order chi connectivity index (χ1) is 7.58. The molecule has 0 saturated heterocycles. The highest BCUT2D eigenvalue weighted by Crippen LogP contribution is 2.49. The van der Waals surface area contributed by atoms with Crippen molar-refractivity contribution in [3.8, 4) is 11.5 Å². The average Bonchev–Trinajstić information content (AvgIpc) is 2.81. The van der Waals surface area contributed by atoms with Gasteiger partial charge < -0.3 is 19.0 Å². The molecule has 1 N–H and O–H groups in total. The average molecular weight is 220 g/mol. The Kier molecular flexibility index (Phi) is 1.60. The summed E-state index contributed by atoms with van der Waals surface area (Å²) in [6, 6.07) is 1.54. The summed E-state index contributed by atoms with van der Waals surface area (Å²) in [6.45, 7) is 5.19. The lowest BCUT2D eigenvalue weighted by Crippen LogP contribution is -2.16. The van der Waals surface area contributed by atoms with Crippen LogP contribution in [0.25, 0.3) is 11.2 Å². The summed E-state index contributed by atoms with van der Waals surface area (Å²) in [5.41, 5.74) is 1.63. The normalized spacial score (nSPS) is 15.5. The second-order valence-electron chi connectivity index (χ2n) is 3.72. The highest BCUT2D eigenvalue weighted by molar-refractivity contribution is 6.10. The number of benzene rings is 1. The number of fused-ring (bicyclic) bond motifs is 1. The van der Waals surface area contributed by atoms with E-state index in [1.165, 1.54) is 6.07 Å². The van der Waals surface area contributed by atoms with Gasteiger partial charge >= 0.3 is 5.97 Å². The fourth-order valence-electron chi connectivity index (χ4n) is 1.60. The van der Waals surface area contributed by atoms with Gasteiger partial charge in [0, 0.05) is 6.07 Å². The summed E-state index contributed by atoms with van der Waals surface area (Å²) in [5, 5.41) is 9.51.